The molecule has 0 fully saturated rings. The van der Waals surface area contributed by atoms with Gasteiger partial charge in [0, 0.05) is 22.4 Å². The van der Waals surface area contributed by atoms with Gasteiger partial charge in [0.25, 0.3) is 0 Å². The summed E-state index contributed by atoms with van der Waals surface area (Å²) in [6.45, 7) is 2.64. The molecule has 0 amide bonds. The van der Waals surface area contributed by atoms with Gasteiger partial charge in [-0.3, -0.25) is 0 Å². The Hall–Kier alpha value is -1.55. The summed E-state index contributed by atoms with van der Waals surface area (Å²) in [5.41, 5.74) is 0.964. The molecule has 1 aromatic heterocycles. The van der Waals surface area contributed by atoms with Crippen molar-refractivity contribution in [3.63, 3.8) is 0 Å². The van der Waals surface area contributed by atoms with Crippen LogP contribution < -0.4 is 10.1 Å². The van der Waals surface area contributed by atoms with Gasteiger partial charge in [0.1, 0.15) is 11.6 Å². The van der Waals surface area contributed by atoms with Crippen molar-refractivity contribution < 1.29 is 4.74 Å². The summed E-state index contributed by atoms with van der Waals surface area (Å²) >= 11 is 3.35. The summed E-state index contributed by atoms with van der Waals surface area (Å²) in [6.07, 6.45) is 1.76. The number of pyridine rings is 1. The summed E-state index contributed by atoms with van der Waals surface area (Å²) in [7, 11) is 0. The molecule has 17 heavy (non-hydrogen) atoms. The van der Waals surface area contributed by atoms with Gasteiger partial charge in [-0.1, -0.05) is 6.07 Å². The quantitative estimate of drug-likeness (QED) is 0.925. The van der Waals surface area contributed by atoms with Gasteiger partial charge < -0.3 is 10.1 Å². The van der Waals surface area contributed by atoms with Crippen LogP contribution in [0.3, 0.4) is 0 Å². The highest BCUT2D eigenvalue weighted by Gasteiger charge is 1.98. The van der Waals surface area contributed by atoms with E-state index in [0.717, 1.165) is 21.7 Å². The number of anilines is 2. The van der Waals surface area contributed by atoms with Crippen LogP contribution in [0.1, 0.15) is 6.92 Å². The van der Waals surface area contributed by atoms with Crippen molar-refractivity contribution in [3.05, 3.63) is 47.1 Å². The molecule has 1 N–H and O–H groups in total. The summed E-state index contributed by atoms with van der Waals surface area (Å²) in [4.78, 5) is 4.25. The smallest absolute Gasteiger partial charge is 0.130 e. The summed E-state index contributed by atoms with van der Waals surface area (Å²) < 4.78 is 6.40. The molecule has 0 bridgehead atoms. The Morgan fingerprint density at radius 1 is 1.29 bits per heavy atom. The maximum Gasteiger partial charge on any atom is 0.130 e. The lowest BCUT2D eigenvalue weighted by Gasteiger charge is -2.08. The van der Waals surface area contributed by atoms with Crippen LogP contribution in [0.4, 0.5) is 11.5 Å². The molecule has 0 aliphatic carbocycles. The number of hydrogen-bond acceptors (Lipinski definition) is 3. The largest absolute Gasteiger partial charge is 0.494 e. The molecule has 4 heteroatoms. The third-order valence-electron chi connectivity index (χ3n) is 2.14. The highest BCUT2D eigenvalue weighted by molar-refractivity contribution is 9.10. The number of hydrogen-bond donors (Lipinski definition) is 1. The Kier molecular flexibility index (Phi) is 3.98. The molecule has 0 radical (unpaired) electrons. The van der Waals surface area contributed by atoms with Gasteiger partial charge in [-0.2, -0.15) is 0 Å². The first-order valence-corrected chi connectivity index (χ1v) is 6.18. The van der Waals surface area contributed by atoms with E-state index in [1.165, 1.54) is 0 Å². The van der Waals surface area contributed by atoms with Crippen LogP contribution in [0.15, 0.2) is 47.1 Å². The number of rotatable bonds is 4. The normalized spacial score (nSPS) is 10.0. The Labute approximate surface area is 109 Å². The van der Waals surface area contributed by atoms with E-state index >= 15 is 0 Å². The fraction of sp³-hybridized carbons (Fsp3) is 0.154. The molecule has 0 saturated heterocycles. The number of benzene rings is 1. The molecule has 3 nitrogen and oxygen atoms in total. The van der Waals surface area contributed by atoms with Crippen LogP contribution in [0.25, 0.3) is 0 Å². The van der Waals surface area contributed by atoms with Crippen LogP contribution in [0, 0.1) is 0 Å². The van der Waals surface area contributed by atoms with E-state index < -0.39 is 0 Å². The number of nitrogens with zero attached hydrogens (tertiary/aromatic N) is 1. The fourth-order valence-corrected chi connectivity index (χ4v) is 1.66. The van der Waals surface area contributed by atoms with Crippen LogP contribution in [0.5, 0.6) is 5.75 Å². The molecule has 0 saturated carbocycles. The van der Waals surface area contributed by atoms with Gasteiger partial charge in [0.05, 0.1) is 6.61 Å². The number of aromatic nitrogens is 1. The van der Waals surface area contributed by atoms with Gasteiger partial charge in [-0.05, 0) is 47.1 Å². The minimum atomic E-state index is 0.667. The molecule has 0 aliphatic heterocycles. The van der Waals surface area contributed by atoms with Crippen molar-refractivity contribution in [3.8, 4) is 5.75 Å². The van der Waals surface area contributed by atoms with E-state index in [1.54, 1.807) is 6.20 Å². The lowest BCUT2D eigenvalue weighted by molar-refractivity contribution is 0.340. The Bertz CT molecular complexity index is 485. The zero-order valence-corrected chi connectivity index (χ0v) is 11.1. The van der Waals surface area contributed by atoms with Gasteiger partial charge in [0.15, 0.2) is 0 Å². The maximum absolute atomic E-state index is 5.44. The zero-order valence-electron chi connectivity index (χ0n) is 9.48. The van der Waals surface area contributed by atoms with Crippen molar-refractivity contribution in [2.45, 2.75) is 6.92 Å². The monoisotopic (exact) mass is 292 g/mol. The predicted octanol–water partition coefficient (Wildman–Crippen LogP) is 3.99. The van der Waals surface area contributed by atoms with Crippen molar-refractivity contribution in [2.75, 3.05) is 11.9 Å². The molecule has 2 rings (SSSR count). The molecular formula is C13H13BrN2O. The molecule has 0 atom stereocenters. The lowest BCUT2D eigenvalue weighted by atomic mass is 10.3. The van der Waals surface area contributed by atoms with E-state index in [-0.39, 0.29) is 0 Å². The number of halogens is 1. The second-order valence-corrected chi connectivity index (χ2v) is 4.36. The lowest BCUT2D eigenvalue weighted by Crippen LogP contribution is -1.95. The van der Waals surface area contributed by atoms with Gasteiger partial charge >= 0.3 is 0 Å². The molecule has 0 aliphatic rings. The van der Waals surface area contributed by atoms with Crippen LogP contribution in [-0.4, -0.2) is 11.6 Å². The molecule has 88 valence electrons. The first-order valence-electron chi connectivity index (χ1n) is 5.39. The summed E-state index contributed by atoms with van der Waals surface area (Å²) in [5, 5.41) is 3.22. The van der Waals surface area contributed by atoms with Crippen LogP contribution in [-0.2, 0) is 0 Å². The van der Waals surface area contributed by atoms with Crippen LogP contribution in [0.2, 0.25) is 0 Å². The first kappa shape index (κ1) is 11.9. The minimum absolute atomic E-state index is 0.667. The van der Waals surface area contributed by atoms with Crippen LogP contribution >= 0.6 is 15.9 Å². The Morgan fingerprint density at radius 2 is 2.18 bits per heavy atom. The second-order valence-electron chi connectivity index (χ2n) is 3.45. The summed E-state index contributed by atoms with van der Waals surface area (Å²) in [6, 6.07) is 11.7. The van der Waals surface area contributed by atoms with E-state index in [0.29, 0.717) is 6.61 Å². The highest BCUT2D eigenvalue weighted by atomic mass is 79.9. The zero-order chi connectivity index (χ0) is 12.1. The van der Waals surface area contributed by atoms with Crippen molar-refractivity contribution in [2.24, 2.45) is 0 Å². The van der Waals surface area contributed by atoms with Crippen molar-refractivity contribution >= 4 is 27.4 Å². The Balaban J connectivity index is 2.12. The van der Waals surface area contributed by atoms with Gasteiger partial charge in [-0.15, -0.1) is 0 Å². The predicted molar refractivity (Wildman–Crippen MR) is 72.8 cm³/mol. The van der Waals surface area contributed by atoms with E-state index in [4.69, 9.17) is 4.74 Å². The van der Waals surface area contributed by atoms with E-state index in [9.17, 15) is 0 Å². The topological polar surface area (TPSA) is 34.1 Å². The average molecular weight is 293 g/mol. The number of ether oxygens (including phenoxy) is 1. The molecule has 0 unspecified atom stereocenters. The third kappa shape index (κ3) is 3.46. The molecule has 1 aromatic carbocycles. The van der Waals surface area contributed by atoms with E-state index in [1.807, 2.05) is 43.3 Å². The Morgan fingerprint density at radius 3 is 2.88 bits per heavy atom. The minimum Gasteiger partial charge on any atom is -0.494 e. The molecule has 0 spiro atoms. The van der Waals surface area contributed by atoms with Gasteiger partial charge in [0.2, 0.25) is 0 Å². The average Bonchev–Trinajstić information content (AvgIpc) is 2.33. The second kappa shape index (κ2) is 5.68. The molecule has 2 aromatic rings. The standard InChI is InChI=1S/C13H13BrN2O/c1-2-17-12-5-3-4-11(8-12)16-13-7-6-10(14)9-15-13/h3-9H,2H2,1H3,(H,15,16). The maximum atomic E-state index is 5.44. The molecular weight excluding hydrogens is 280 g/mol. The SMILES string of the molecule is CCOc1cccc(Nc2ccc(Br)cn2)c1. The molecule has 1 heterocycles. The van der Waals surface area contributed by atoms with E-state index in [2.05, 4.69) is 26.2 Å². The first-order chi connectivity index (χ1) is 8.28. The summed E-state index contributed by atoms with van der Waals surface area (Å²) in [5.74, 6) is 1.66. The third-order valence-corrected chi connectivity index (χ3v) is 2.61. The van der Waals surface area contributed by atoms with Crippen molar-refractivity contribution in [1.82, 2.24) is 4.98 Å². The van der Waals surface area contributed by atoms with Gasteiger partial charge in [-0.25, -0.2) is 4.98 Å². The van der Waals surface area contributed by atoms with Crippen molar-refractivity contribution in [1.29, 1.82) is 0 Å². The highest BCUT2D eigenvalue weighted by Crippen LogP contribution is 2.21. The fourth-order valence-electron chi connectivity index (χ4n) is 1.43. The number of nitrogens with one attached hydrogen (secondary N) is 1.